The minimum Gasteiger partial charge on any atom is -0.455 e. The molecule has 0 aliphatic carbocycles. The third-order valence-electron chi connectivity index (χ3n) is 11.4. The Morgan fingerprint density at radius 1 is 0.351 bits per heavy atom. The van der Waals surface area contributed by atoms with Crippen molar-refractivity contribution >= 4 is 75.8 Å². The molecule has 0 aliphatic heterocycles. The average Bonchev–Trinajstić information content (AvgIpc) is 3.68. The second-order valence-corrected chi connectivity index (χ2v) is 14.6. The molecule has 57 heavy (non-hydrogen) atoms. The number of benzene rings is 9. The fourth-order valence-electron chi connectivity index (χ4n) is 8.74. The Bertz CT molecular complexity index is 3600. The predicted molar refractivity (Wildman–Crippen MR) is 234 cm³/mol. The minimum absolute atomic E-state index is 0.587. The average molecular weight is 727 g/mol. The summed E-state index contributed by atoms with van der Waals surface area (Å²) in [5, 5.41) is 13.5. The van der Waals surface area contributed by atoms with Gasteiger partial charge in [0.05, 0.1) is 0 Å². The van der Waals surface area contributed by atoms with E-state index in [0.29, 0.717) is 17.5 Å². The summed E-state index contributed by atoms with van der Waals surface area (Å²) in [6.07, 6.45) is 3.82. The molecule has 0 saturated carbocycles. The molecule has 0 unspecified atom stereocenters. The molecule has 5 heteroatoms. The quantitative estimate of drug-likeness (QED) is 0.169. The molecule has 0 aliphatic rings. The first kappa shape index (κ1) is 31.6. The Hall–Kier alpha value is -7.76. The van der Waals surface area contributed by atoms with Crippen LogP contribution in [0.25, 0.3) is 121 Å². The van der Waals surface area contributed by atoms with E-state index in [1.54, 1.807) is 0 Å². The highest BCUT2D eigenvalue weighted by molar-refractivity contribution is 6.23. The van der Waals surface area contributed by atoms with Crippen LogP contribution in [-0.2, 0) is 0 Å². The molecule has 12 aromatic rings. The zero-order chi connectivity index (χ0) is 37.5. The minimum atomic E-state index is 0.587. The van der Waals surface area contributed by atoms with Crippen molar-refractivity contribution in [2.24, 2.45) is 0 Å². The monoisotopic (exact) mass is 726 g/mol. The van der Waals surface area contributed by atoms with Gasteiger partial charge in [-0.15, -0.1) is 0 Å². The summed E-state index contributed by atoms with van der Waals surface area (Å²) in [4.78, 5) is 20.3. The summed E-state index contributed by atoms with van der Waals surface area (Å²) in [6, 6.07) is 59.5. The number of hydrogen-bond donors (Lipinski definition) is 0. The standard InChI is InChI=1S/C52H30N4O/c1-4-16-37-31(10-1)13-8-19-42(37)51-54-50(55-52(56-51)44-20-9-21-46-48(44)43-25-22-32-11-2-6-18-40(32)49(43)57-46)35-15-7-14-33(28-35)45-29-34-12-3-5-17-38(34)41-24-23-36-30-53-27-26-39(36)47(41)45/h1-30H. The molecule has 0 atom stereocenters. The molecule has 12 rings (SSSR count). The molecule has 3 heterocycles. The Morgan fingerprint density at radius 3 is 1.89 bits per heavy atom. The van der Waals surface area contributed by atoms with Gasteiger partial charge in [0, 0.05) is 50.6 Å². The van der Waals surface area contributed by atoms with Gasteiger partial charge in [-0.3, -0.25) is 4.98 Å². The fraction of sp³-hybridized carbons (Fsp3) is 0. The van der Waals surface area contributed by atoms with E-state index in [9.17, 15) is 0 Å². The highest BCUT2D eigenvalue weighted by Gasteiger charge is 2.20. The maximum absolute atomic E-state index is 6.60. The molecule has 5 nitrogen and oxygen atoms in total. The Kier molecular flexibility index (Phi) is 6.86. The van der Waals surface area contributed by atoms with Crippen LogP contribution < -0.4 is 0 Å². The van der Waals surface area contributed by atoms with E-state index in [1.807, 2.05) is 24.5 Å². The van der Waals surface area contributed by atoms with Crippen LogP contribution in [0.15, 0.2) is 187 Å². The summed E-state index contributed by atoms with van der Waals surface area (Å²) in [5.41, 5.74) is 6.62. The summed E-state index contributed by atoms with van der Waals surface area (Å²) >= 11 is 0. The first-order valence-corrected chi connectivity index (χ1v) is 19.1. The molecule has 0 bridgehead atoms. The molecule has 0 radical (unpaired) electrons. The summed E-state index contributed by atoms with van der Waals surface area (Å²) < 4.78 is 6.60. The zero-order valence-corrected chi connectivity index (χ0v) is 30.5. The van der Waals surface area contributed by atoms with E-state index in [4.69, 9.17) is 19.4 Å². The van der Waals surface area contributed by atoms with E-state index in [2.05, 4.69) is 163 Å². The van der Waals surface area contributed by atoms with Gasteiger partial charge < -0.3 is 4.42 Å². The fourth-order valence-corrected chi connectivity index (χ4v) is 8.74. The maximum Gasteiger partial charge on any atom is 0.164 e. The van der Waals surface area contributed by atoms with Gasteiger partial charge in [-0.05, 0) is 84.5 Å². The van der Waals surface area contributed by atoms with Gasteiger partial charge in [-0.1, -0.05) is 140 Å². The first-order valence-electron chi connectivity index (χ1n) is 19.1. The number of furan rings is 1. The van der Waals surface area contributed by atoms with E-state index in [-0.39, 0.29) is 0 Å². The van der Waals surface area contributed by atoms with Gasteiger partial charge in [0.15, 0.2) is 17.5 Å². The third-order valence-corrected chi connectivity index (χ3v) is 11.4. The van der Waals surface area contributed by atoms with Gasteiger partial charge in [0.25, 0.3) is 0 Å². The van der Waals surface area contributed by atoms with Crippen molar-refractivity contribution in [2.75, 3.05) is 0 Å². The van der Waals surface area contributed by atoms with Crippen LogP contribution in [0.1, 0.15) is 0 Å². The van der Waals surface area contributed by atoms with Gasteiger partial charge in [0.2, 0.25) is 0 Å². The number of aromatic nitrogens is 4. The molecule has 9 aromatic carbocycles. The van der Waals surface area contributed by atoms with Crippen LogP contribution in [0.5, 0.6) is 0 Å². The van der Waals surface area contributed by atoms with Crippen LogP contribution in [0, 0.1) is 0 Å². The highest BCUT2D eigenvalue weighted by Crippen LogP contribution is 2.42. The van der Waals surface area contributed by atoms with Crippen molar-refractivity contribution in [3.63, 3.8) is 0 Å². The molecular weight excluding hydrogens is 697 g/mol. The number of fused-ring (bicyclic) bond motifs is 11. The topological polar surface area (TPSA) is 64.7 Å². The van der Waals surface area contributed by atoms with Gasteiger partial charge in [-0.25, -0.2) is 15.0 Å². The van der Waals surface area contributed by atoms with Crippen molar-refractivity contribution in [1.29, 1.82) is 0 Å². The predicted octanol–water partition coefficient (Wildman–Crippen LogP) is 13.6. The molecule has 0 spiro atoms. The maximum atomic E-state index is 6.60. The Labute approximate surface area is 326 Å². The second-order valence-electron chi connectivity index (χ2n) is 14.6. The van der Waals surface area contributed by atoms with Crippen molar-refractivity contribution in [1.82, 2.24) is 19.9 Å². The van der Waals surface area contributed by atoms with Crippen molar-refractivity contribution < 1.29 is 4.42 Å². The highest BCUT2D eigenvalue weighted by atomic mass is 16.3. The Morgan fingerprint density at radius 2 is 1.00 bits per heavy atom. The van der Waals surface area contributed by atoms with Crippen molar-refractivity contribution in [2.45, 2.75) is 0 Å². The first-order chi connectivity index (χ1) is 28.2. The lowest BCUT2D eigenvalue weighted by atomic mass is 9.90. The molecule has 0 saturated heterocycles. The normalized spacial score (nSPS) is 11.9. The molecule has 264 valence electrons. The SMILES string of the molecule is c1cc(-c2nc(-c3cccc4ccccc34)nc(-c3cccc4oc5c6ccccc6ccc5c34)n2)cc(-c2cc3ccccc3c3ccc4cnccc4c23)c1. The van der Waals surface area contributed by atoms with Crippen molar-refractivity contribution in [3.05, 3.63) is 182 Å². The lowest BCUT2D eigenvalue weighted by Crippen LogP contribution is -2.01. The van der Waals surface area contributed by atoms with Crippen LogP contribution in [0.4, 0.5) is 0 Å². The largest absolute Gasteiger partial charge is 0.455 e. The van der Waals surface area contributed by atoms with Crippen LogP contribution in [0.3, 0.4) is 0 Å². The van der Waals surface area contributed by atoms with Crippen molar-refractivity contribution in [3.8, 4) is 45.3 Å². The Balaban J connectivity index is 1.12. The van der Waals surface area contributed by atoms with Gasteiger partial charge >= 0.3 is 0 Å². The van der Waals surface area contributed by atoms with Crippen LogP contribution in [0.2, 0.25) is 0 Å². The second kappa shape index (κ2) is 12.4. The van der Waals surface area contributed by atoms with E-state index >= 15 is 0 Å². The van der Waals surface area contributed by atoms with Crippen LogP contribution in [-0.4, -0.2) is 19.9 Å². The molecular formula is C52H30N4O. The lowest BCUT2D eigenvalue weighted by molar-refractivity contribution is 0.672. The lowest BCUT2D eigenvalue weighted by Gasteiger charge is -2.15. The van der Waals surface area contributed by atoms with E-state index < -0.39 is 0 Å². The van der Waals surface area contributed by atoms with Gasteiger partial charge in [-0.2, -0.15) is 0 Å². The molecule has 0 N–H and O–H groups in total. The zero-order valence-electron chi connectivity index (χ0n) is 30.5. The summed E-state index contributed by atoms with van der Waals surface area (Å²) in [7, 11) is 0. The summed E-state index contributed by atoms with van der Waals surface area (Å²) in [5.74, 6) is 1.80. The number of nitrogens with zero attached hydrogens (tertiary/aromatic N) is 4. The molecule has 0 fully saturated rings. The molecule has 0 amide bonds. The number of pyridine rings is 1. The van der Waals surface area contributed by atoms with E-state index in [1.165, 1.54) is 26.9 Å². The third kappa shape index (κ3) is 4.96. The van der Waals surface area contributed by atoms with Gasteiger partial charge in [0.1, 0.15) is 11.2 Å². The molecule has 3 aromatic heterocycles. The number of hydrogen-bond acceptors (Lipinski definition) is 5. The number of rotatable bonds is 4. The van der Waals surface area contributed by atoms with Crippen LogP contribution >= 0.6 is 0 Å². The smallest absolute Gasteiger partial charge is 0.164 e. The summed E-state index contributed by atoms with van der Waals surface area (Å²) in [6.45, 7) is 0. The van der Waals surface area contributed by atoms with E-state index in [0.717, 1.165) is 76.7 Å².